The molecule has 2 aromatic carbocycles. The average Bonchev–Trinajstić information content (AvgIpc) is 2.50. The third kappa shape index (κ3) is 3.89. The smallest absolute Gasteiger partial charge is 0.315 e. The molecule has 110 valence electrons. The van der Waals surface area contributed by atoms with Gasteiger partial charge in [-0.1, -0.05) is 0 Å². The van der Waals surface area contributed by atoms with Crippen LogP contribution in [0.25, 0.3) is 0 Å². The summed E-state index contributed by atoms with van der Waals surface area (Å²) in [5.74, 6) is 1.23. The number of esters is 1. The molecule has 0 saturated carbocycles. The molecule has 0 aliphatic heterocycles. The molecular weight excluding hydrogens is 272 g/mol. The quantitative estimate of drug-likeness (QED) is 0.676. The first-order valence-corrected chi connectivity index (χ1v) is 6.33. The standard InChI is InChI=1S/C16H16O5/c1-19-12-3-5-13(6-4-12)21-16(18)10-11-9-14(20-2)7-8-15(11)17/h3-9,17H,10H2,1-2H3. The van der Waals surface area contributed by atoms with Crippen molar-refractivity contribution in [1.29, 1.82) is 0 Å². The van der Waals surface area contributed by atoms with Crippen LogP contribution in [-0.2, 0) is 11.2 Å². The van der Waals surface area contributed by atoms with Gasteiger partial charge in [-0.25, -0.2) is 0 Å². The monoisotopic (exact) mass is 288 g/mol. The fourth-order valence-electron chi connectivity index (χ4n) is 1.80. The molecule has 0 fully saturated rings. The van der Waals surface area contributed by atoms with Crippen molar-refractivity contribution in [2.24, 2.45) is 0 Å². The maximum Gasteiger partial charge on any atom is 0.315 e. The highest BCUT2D eigenvalue weighted by Crippen LogP contribution is 2.24. The number of carbonyl (C=O) groups excluding carboxylic acids is 1. The van der Waals surface area contributed by atoms with Gasteiger partial charge in [-0.05, 0) is 42.5 Å². The first kappa shape index (κ1) is 14.7. The highest BCUT2D eigenvalue weighted by Gasteiger charge is 2.11. The Morgan fingerprint density at radius 1 is 0.952 bits per heavy atom. The van der Waals surface area contributed by atoms with Gasteiger partial charge in [0.2, 0.25) is 0 Å². The lowest BCUT2D eigenvalue weighted by molar-refractivity contribution is -0.133. The maximum absolute atomic E-state index is 11.9. The van der Waals surface area contributed by atoms with Crippen molar-refractivity contribution in [2.75, 3.05) is 14.2 Å². The summed E-state index contributed by atoms with van der Waals surface area (Å²) in [5.41, 5.74) is 0.452. The summed E-state index contributed by atoms with van der Waals surface area (Å²) in [6.07, 6.45) is -0.0466. The van der Waals surface area contributed by atoms with Crippen molar-refractivity contribution >= 4 is 5.97 Å². The molecule has 2 aromatic rings. The van der Waals surface area contributed by atoms with E-state index < -0.39 is 5.97 Å². The fourth-order valence-corrected chi connectivity index (χ4v) is 1.80. The van der Waals surface area contributed by atoms with E-state index >= 15 is 0 Å². The number of phenols is 1. The summed E-state index contributed by atoms with van der Waals surface area (Å²) in [6.45, 7) is 0. The van der Waals surface area contributed by atoms with Crippen molar-refractivity contribution in [3.63, 3.8) is 0 Å². The van der Waals surface area contributed by atoms with Gasteiger partial charge >= 0.3 is 5.97 Å². The minimum atomic E-state index is -0.469. The molecule has 0 saturated heterocycles. The van der Waals surface area contributed by atoms with Gasteiger partial charge in [0.05, 0.1) is 20.6 Å². The second-order valence-corrected chi connectivity index (χ2v) is 4.32. The number of phenolic OH excluding ortho intramolecular Hbond substituents is 1. The Morgan fingerprint density at radius 2 is 1.52 bits per heavy atom. The van der Waals surface area contributed by atoms with Crippen LogP contribution in [-0.4, -0.2) is 25.3 Å². The van der Waals surface area contributed by atoms with Crippen molar-refractivity contribution in [2.45, 2.75) is 6.42 Å². The van der Waals surface area contributed by atoms with E-state index in [4.69, 9.17) is 14.2 Å². The number of methoxy groups -OCH3 is 2. The predicted molar refractivity (Wildman–Crippen MR) is 77.0 cm³/mol. The Kier molecular flexibility index (Phi) is 4.66. The number of hydrogen-bond donors (Lipinski definition) is 1. The molecule has 0 aromatic heterocycles. The third-order valence-corrected chi connectivity index (χ3v) is 2.91. The van der Waals surface area contributed by atoms with Gasteiger partial charge in [-0.2, -0.15) is 0 Å². The Morgan fingerprint density at radius 3 is 2.14 bits per heavy atom. The highest BCUT2D eigenvalue weighted by molar-refractivity contribution is 5.76. The molecule has 0 unspecified atom stereocenters. The van der Waals surface area contributed by atoms with E-state index in [2.05, 4.69) is 0 Å². The van der Waals surface area contributed by atoms with Gasteiger partial charge in [0.1, 0.15) is 23.0 Å². The van der Waals surface area contributed by atoms with E-state index in [1.54, 1.807) is 43.5 Å². The Hall–Kier alpha value is -2.69. The minimum absolute atomic E-state index is 0.0301. The van der Waals surface area contributed by atoms with Crippen LogP contribution >= 0.6 is 0 Å². The lowest BCUT2D eigenvalue weighted by Crippen LogP contribution is -2.11. The number of rotatable bonds is 5. The van der Waals surface area contributed by atoms with E-state index in [0.29, 0.717) is 22.8 Å². The molecule has 0 amide bonds. The van der Waals surface area contributed by atoms with Gasteiger partial charge in [0.15, 0.2) is 0 Å². The van der Waals surface area contributed by atoms with Gasteiger partial charge in [-0.3, -0.25) is 4.79 Å². The molecule has 0 aliphatic carbocycles. The highest BCUT2D eigenvalue weighted by atomic mass is 16.5. The minimum Gasteiger partial charge on any atom is -0.508 e. The average molecular weight is 288 g/mol. The molecule has 0 bridgehead atoms. The molecule has 0 radical (unpaired) electrons. The topological polar surface area (TPSA) is 65.0 Å². The van der Waals surface area contributed by atoms with Crippen molar-refractivity contribution in [1.82, 2.24) is 0 Å². The maximum atomic E-state index is 11.9. The van der Waals surface area contributed by atoms with Gasteiger partial charge < -0.3 is 19.3 Å². The zero-order valence-electron chi connectivity index (χ0n) is 11.8. The first-order chi connectivity index (χ1) is 10.1. The lowest BCUT2D eigenvalue weighted by atomic mass is 10.1. The first-order valence-electron chi connectivity index (χ1n) is 6.33. The summed E-state index contributed by atoms with van der Waals surface area (Å²) < 4.78 is 15.3. The number of ether oxygens (including phenoxy) is 3. The van der Waals surface area contributed by atoms with E-state index in [9.17, 15) is 9.90 Å². The molecule has 0 aliphatic rings. The molecule has 21 heavy (non-hydrogen) atoms. The van der Waals surface area contributed by atoms with Crippen LogP contribution in [0.4, 0.5) is 0 Å². The zero-order chi connectivity index (χ0) is 15.2. The van der Waals surface area contributed by atoms with E-state index in [1.165, 1.54) is 13.2 Å². The molecular formula is C16H16O5. The Bertz CT molecular complexity index is 619. The normalized spacial score (nSPS) is 10.0. The SMILES string of the molecule is COc1ccc(OC(=O)Cc2cc(OC)ccc2O)cc1. The van der Waals surface area contributed by atoms with Crippen LogP contribution in [0.1, 0.15) is 5.56 Å². The second-order valence-electron chi connectivity index (χ2n) is 4.32. The Labute approximate surface area is 122 Å². The van der Waals surface area contributed by atoms with Crippen molar-refractivity contribution in [3.05, 3.63) is 48.0 Å². The molecule has 0 atom stereocenters. The van der Waals surface area contributed by atoms with Crippen LogP contribution < -0.4 is 14.2 Å². The molecule has 5 nitrogen and oxygen atoms in total. The van der Waals surface area contributed by atoms with Crippen molar-refractivity contribution in [3.8, 4) is 23.0 Å². The summed E-state index contributed by atoms with van der Waals surface area (Å²) in [5, 5.41) is 9.73. The van der Waals surface area contributed by atoms with Gasteiger partial charge in [-0.15, -0.1) is 0 Å². The van der Waals surface area contributed by atoms with Crippen LogP contribution in [0.3, 0.4) is 0 Å². The predicted octanol–water partition coefficient (Wildman–Crippen LogP) is 2.56. The summed E-state index contributed by atoms with van der Waals surface area (Å²) in [6, 6.07) is 11.4. The van der Waals surface area contributed by atoms with Crippen LogP contribution in [0.5, 0.6) is 23.0 Å². The molecule has 5 heteroatoms. The molecule has 0 heterocycles. The fraction of sp³-hybridized carbons (Fsp3) is 0.188. The molecule has 0 spiro atoms. The van der Waals surface area contributed by atoms with Gasteiger partial charge in [0.25, 0.3) is 0 Å². The van der Waals surface area contributed by atoms with Crippen LogP contribution in [0.15, 0.2) is 42.5 Å². The van der Waals surface area contributed by atoms with E-state index in [1.807, 2.05) is 0 Å². The molecule has 1 N–H and O–H groups in total. The van der Waals surface area contributed by atoms with Gasteiger partial charge in [0, 0.05) is 5.56 Å². The summed E-state index contributed by atoms with van der Waals surface area (Å²) in [4.78, 5) is 11.9. The lowest BCUT2D eigenvalue weighted by Gasteiger charge is -2.08. The molecule has 2 rings (SSSR count). The van der Waals surface area contributed by atoms with Crippen LogP contribution in [0, 0.1) is 0 Å². The Balaban J connectivity index is 2.04. The second kappa shape index (κ2) is 6.65. The van der Waals surface area contributed by atoms with Crippen LogP contribution in [0.2, 0.25) is 0 Å². The third-order valence-electron chi connectivity index (χ3n) is 2.91. The number of hydrogen-bond acceptors (Lipinski definition) is 5. The zero-order valence-corrected chi connectivity index (χ0v) is 11.8. The van der Waals surface area contributed by atoms with Crippen molar-refractivity contribution < 1.29 is 24.1 Å². The number of aromatic hydroxyl groups is 1. The largest absolute Gasteiger partial charge is 0.508 e. The number of carbonyl (C=O) groups is 1. The van der Waals surface area contributed by atoms with E-state index in [-0.39, 0.29) is 12.2 Å². The van der Waals surface area contributed by atoms with E-state index in [0.717, 1.165) is 0 Å². The summed E-state index contributed by atoms with van der Waals surface area (Å²) in [7, 11) is 3.08. The number of benzene rings is 2. The summed E-state index contributed by atoms with van der Waals surface area (Å²) >= 11 is 0.